The standard InChI is InChI=1S/C6H13O9P/c7-1-2-3(8)4(9)5(10)6(14-2)15-16(11,12)13/h2-10H,1H2,(H2,11,12,13)/p-2/t2-,3-,4+,5-,6+/m1/s1. The summed E-state index contributed by atoms with van der Waals surface area (Å²) in [5, 5.41) is 36.5. The van der Waals surface area contributed by atoms with Crippen molar-refractivity contribution in [1.82, 2.24) is 0 Å². The van der Waals surface area contributed by atoms with Gasteiger partial charge in [-0.15, -0.1) is 0 Å². The van der Waals surface area contributed by atoms with Crippen LogP contribution in [0.15, 0.2) is 0 Å². The van der Waals surface area contributed by atoms with Gasteiger partial charge >= 0.3 is 0 Å². The van der Waals surface area contributed by atoms with Crippen LogP contribution in [0.25, 0.3) is 0 Å². The quantitative estimate of drug-likeness (QED) is 0.366. The molecule has 10 heteroatoms. The van der Waals surface area contributed by atoms with Gasteiger partial charge < -0.3 is 44.0 Å². The van der Waals surface area contributed by atoms with Crippen LogP contribution >= 0.6 is 7.82 Å². The molecule has 1 aliphatic rings. The number of aliphatic hydroxyl groups is 4. The van der Waals surface area contributed by atoms with E-state index in [4.69, 9.17) is 5.11 Å². The van der Waals surface area contributed by atoms with Gasteiger partial charge in [-0.05, 0) is 0 Å². The molecule has 0 aliphatic carbocycles. The van der Waals surface area contributed by atoms with Gasteiger partial charge in [0.25, 0.3) is 0 Å². The molecule has 1 saturated heterocycles. The molecule has 1 heterocycles. The molecule has 1 fully saturated rings. The van der Waals surface area contributed by atoms with Crippen LogP contribution in [-0.4, -0.2) is 57.7 Å². The van der Waals surface area contributed by atoms with E-state index >= 15 is 0 Å². The number of ether oxygens (including phenoxy) is 1. The third kappa shape index (κ3) is 3.20. The van der Waals surface area contributed by atoms with E-state index in [1.165, 1.54) is 0 Å². The number of rotatable bonds is 3. The minimum atomic E-state index is -5.41. The van der Waals surface area contributed by atoms with E-state index in [2.05, 4.69) is 9.26 Å². The number of aliphatic hydroxyl groups excluding tert-OH is 4. The van der Waals surface area contributed by atoms with Crippen molar-refractivity contribution in [3.8, 4) is 0 Å². The molecular weight excluding hydrogens is 247 g/mol. The molecule has 4 N–H and O–H groups in total. The van der Waals surface area contributed by atoms with Crippen molar-refractivity contribution in [3.05, 3.63) is 0 Å². The molecule has 0 saturated carbocycles. The van der Waals surface area contributed by atoms with Crippen molar-refractivity contribution in [3.63, 3.8) is 0 Å². The fraction of sp³-hybridized carbons (Fsp3) is 1.00. The fourth-order valence-electron chi connectivity index (χ4n) is 1.28. The third-order valence-electron chi connectivity index (χ3n) is 2.08. The van der Waals surface area contributed by atoms with Crippen LogP contribution in [0.2, 0.25) is 0 Å². The number of phosphoric acid groups is 1. The Bertz CT molecular complexity index is 275. The van der Waals surface area contributed by atoms with Crippen LogP contribution in [0.5, 0.6) is 0 Å². The van der Waals surface area contributed by atoms with E-state index in [-0.39, 0.29) is 0 Å². The van der Waals surface area contributed by atoms with Gasteiger partial charge in [0, 0.05) is 0 Å². The normalized spacial score (nSPS) is 41.0. The molecule has 0 aromatic carbocycles. The van der Waals surface area contributed by atoms with Crippen LogP contribution in [-0.2, 0) is 13.8 Å². The minimum Gasteiger partial charge on any atom is -0.790 e. The summed E-state index contributed by atoms with van der Waals surface area (Å²) < 4.78 is 18.7. The Hall–Kier alpha value is -0.0900. The molecule has 0 spiro atoms. The van der Waals surface area contributed by atoms with Crippen LogP contribution in [0.4, 0.5) is 0 Å². The summed E-state index contributed by atoms with van der Waals surface area (Å²) in [5.41, 5.74) is 0. The summed E-state index contributed by atoms with van der Waals surface area (Å²) in [4.78, 5) is 20.6. The Balaban J connectivity index is 2.75. The lowest BCUT2D eigenvalue weighted by molar-refractivity contribution is -0.368. The van der Waals surface area contributed by atoms with Crippen LogP contribution in [0.1, 0.15) is 0 Å². The van der Waals surface area contributed by atoms with Crippen LogP contribution < -0.4 is 9.79 Å². The molecule has 0 bridgehead atoms. The van der Waals surface area contributed by atoms with Gasteiger partial charge in [0.1, 0.15) is 24.4 Å². The molecule has 0 unspecified atom stereocenters. The van der Waals surface area contributed by atoms with Crippen molar-refractivity contribution in [2.45, 2.75) is 30.7 Å². The predicted molar refractivity (Wildman–Crippen MR) is 42.5 cm³/mol. The first-order valence-corrected chi connectivity index (χ1v) is 5.73. The van der Waals surface area contributed by atoms with Crippen molar-refractivity contribution in [2.24, 2.45) is 0 Å². The Morgan fingerprint density at radius 1 is 1.19 bits per heavy atom. The van der Waals surface area contributed by atoms with E-state index < -0.39 is 45.1 Å². The van der Waals surface area contributed by atoms with E-state index in [1.54, 1.807) is 0 Å². The first kappa shape index (κ1) is 14.0. The highest BCUT2D eigenvalue weighted by atomic mass is 31.2. The maximum atomic E-state index is 10.3. The molecule has 0 amide bonds. The maximum Gasteiger partial charge on any atom is 0.191 e. The molecule has 1 rings (SSSR count). The average Bonchev–Trinajstić information content (AvgIpc) is 2.17. The molecular formula is C6H11O9P-2. The molecule has 96 valence electrons. The van der Waals surface area contributed by atoms with Gasteiger partial charge in [-0.3, -0.25) is 0 Å². The summed E-state index contributed by atoms with van der Waals surface area (Å²) >= 11 is 0. The second kappa shape index (κ2) is 5.05. The lowest BCUT2D eigenvalue weighted by Gasteiger charge is -2.43. The highest BCUT2D eigenvalue weighted by Gasteiger charge is 2.44. The predicted octanol–water partition coefficient (Wildman–Crippen LogP) is -4.37. The smallest absolute Gasteiger partial charge is 0.191 e. The van der Waals surface area contributed by atoms with Crippen molar-refractivity contribution < 1.29 is 44.0 Å². The first-order valence-electron chi connectivity index (χ1n) is 4.27. The number of hydrogen-bond donors (Lipinski definition) is 4. The fourth-order valence-corrected chi connectivity index (χ4v) is 1.71. The minimum absolute atomic E-state index is 0.743. The maximum absolute atomic E-state index is 10.3. The zero-order valence-electron chi connectivity index (χ0n) is 7.87. The molecule has 16 heavy (non-hydrogen) atoms. The second-order valence-electron chi connectivity index (χ2n) is 3.25. The summed E-state index contributed by atoms with van der Waals surface area (Å²) in [6, 6.07) is 0. The van der Waals surface area contributed by atoms with Crippen molar-refractivity contribution in [1.29, 1.82) is 0 Å². The van der Waals surface area contributed by atoms with E-state index in [9.17, 15) is 29.7 Å². The SMILES string of the molecule is O=P([O-])([O-])O[C@@H]1O[C@H](CO)[C@@H](O)[C@H](O)[C@H]1O. The third-order valence-corrected chi connectivity index (χ3v) is 2.55. The topological polar surface area (TPSA) is 163 Å². The van der Waals surface area contributed by atoms with Crippen LogP contribution in [0, 0.1) is 0 Å². The molecule has 0 aromatic rings. The summed E-state index contributed by atoms with van der Waals surface area (Å²) in [5.74, 6) is 0. The van der Waals surface area contributed by atoms with E-state index in [0.29, 0.717) is 0 Å². The second-order valence-corrected chi connectivity index (χ2v) is 4.36. The average molecular weight is 258 g/mol. The van der Waals surface area contributed by atoms with E-state index in [1.807, 2.05) is 0 Å². The Kier molecular flexibility index (Phi) is 4.41. The molecule has 1 aliphatic heterocycles. The Labute approximate surface area is 90.1 Å². The Morgan fingerprint density at radius 3 is 2.19 bits per heavy atom. The molecule has 0 radical (unpaired) electrons. The number of phosphoric ester groups is 1. The van der Waals surface area contributed by atoms with Gasteiger partial charge in [0.2, 0.25) is 0 Å². The zero-order chi connectivity index (χ0) is 12.5. The first-order chi connectivity index (χ1) is 7.26. The van der Waals surface area contributed by atoms with Crippen molar-refractivity contribution >= 4 is 7.82 Å². The van der Waals surface area contributed by atoms with Crippen LogP contribution in [0.3, 0.4) is 0 Å². The number of hydrogen-bond acceptors (Lipinski definition) is 9. The van der Waals surface area contributed by atoms with Gasteiger partial charge in [0.05, 0.1) is 14.4 Å². The van der Waals surface area contributed by atoms with Gasteiger partial charge in [-0.2, -0.15) is 0 Å². The summed E-state index contributed by atoms with van der Waals surface area (Å²) in [6.07, 6.45) is -8.61. The Morgan fingerprint density at radius 2 is 1.75 bits per heavy atom. The lowest BCUT2D eigenvalue weighted by Crippen LogP contribution is -2.59. The highest BCUT2D eigenvalue weighted by molar-refractivity contribution is 7.43. The van der Waals surface area contributed by atoms with Gasteiger partial charge in [-0.1, -0.05) is 0 Å². The van der Waals surface area contributed by atoms with Crippen molar-refractivity contribution in [2.75, 3.05) is 6.61 Å². The largest absolute Gasteiger partial charge is 0.790 e. The highest BCUT2D eigenvalue weighted by Crippen LogP contribution is 2.33. The molecule has 0 aromatic heterocycles. The van der Waals surface area contributed by atoms with Gasteiger partial charge in [0.15, 0.2) is 6.29 Å². The summed E-state index contributed by atoms with van der Waals surface area (Å²) in [6.45, 7) is -0.743. The zero-order valence-corrected chi connectivity index (χ0v) is 8.77. The molecule has 5 atom stereocenters. The lowest BCUT2D eigenvalue weighted by atomic mass is 10.00. The molecule has 9 nitrogen and oxygen atoms in total. The summed E-state index contributed by atoms with van der Waals surface area (Å²) in [7, 11) is -5.41. The van der Waals surface area contributed by atoms with Gasteiger partial charge in [-0.25, -0.2) is 0 Å². The van der Waals surface area contributed by atoms with E-state index in [0.717, 1.165) is 0 Å². The monoisotopic (exact) mass is 258 g/mol.